The molecule has 198 valence electrons. The SMILES string of the molecule is CCN(CC)CCOC(=O)c1ccc(NC(=O)c2ccc(C)c(S(=O)(=O)N3CCOCC3)c2)cc1.[Cl-]. The van der Waals surface area contributed by atoms with E-state index in [1.54, 1.807) is 43.3 Å². The molecule has 1 fully saturated rings. The third kappa shape index (κ3) is 7.50. The zero-order valence-corrected chi connectivity index (χ0v) is 22.4. The number of nitrogens with one attached hydrogen (secondary N) is 1. The zero-order valence-electron chi connectivity index (χ0n) is 20.8. The van der Waals surface area contributed by atoms with Crippen LogP contribution in [0, 0.1) is 6.92 Å². The highest BCUT2D eigenvalue weighted by molar-refractivity contribution is 7.89. The van der Waals surface area contributed by atoms with Crippen LogP contribution in [-0.4, -0.2) is 82.0 Å². The molecule has 0 aromatic heterocycles. The number of carbonyl (C=O) groups excluding carboxylic acids is 2. The number of carbonyl (C=O) groups is 2. The van der Waals surface area contributed by atoms with Gasteiger partial charge in [0, 0.05) is 30.9 Å². The Labute approximate surface area is 219 Å². The molecule has 0 aliphatic carbocycles. The van der Waals surface area contributed by atoms with E-state index in [1.165, 1.54) is 10.4 Å². The minimum absolute atomic E-state index is 0. The van der Waals surface area contributed by atoms with Gasteiger partial charge >= 0.3 is 5.97 Å². The minimum Gasteiger partial charge on any atom is -1.00 e. The molecule has 1 saturated heterocycles. The van der Waals surface area contributed by atoms with Crippen molar-refractivity contribution in [2.45, 2.75) is 25.7 Å². The van der Waals surface area contributed by atoms with E-state index in [9.17, 15) is 18.0 Å². The first-order valence-corrected chi connectivity index (χ1v) is 13.2. The predicted octanol–water partition coefficient (Wildman–Crippen LogP) is -0.229. The summed E-state index contributed by atoms with van der Waals surface area (Å²) in [4.78, 5) is 27.3. The van der Waals surface area contributed by atoms with Crippen molar-refractivity contribution in [2.75, 3.05) is 57.9 Å². The molecule has 36 heavy (non-hydrogen) atoms. The fraction of sp³-hybridized carbons (Fsp3) is 0.440. The van der Waals surface area contributed by atoms with Crippen molar-refractivity contribution in [1.29, 1.82) is 0 Å². The number of anilines is 1. The highest BCUT2D eigenvalue weighted by Gasteiger charge is 2.28. The number of nitrogens with zero attached hydrogens (tertiary/aromatic N) is 2. The monoisotopic (exact) mass is 538 g/mol. The summed E-state index contributed by atoms with van der Waals surface area (Å²) in [5.41, 5.74) is 1.66. The van der Waals surface area contributed by atoms with E-state index in [0.717, 1.165) is 13.1 Å². The smallest absolute Gasteiger partial charge is 0.338 e. The number of sulfonamides is 1. The lowest BCUT2D eigenvalue weighted by Gasteiger charge is -2.26. The van der Waals surface area contributed by atoms with Gasteiger partial charge in [0.2, 0.25) is 10.0 Å². The molecule has 0 radical (unpaired) electrons. The molecule has 1 aliphatic heterocycles. The molecule has 0 spiro atoms. The van der Waals surface area contributed by atoms with Gasteiger partial charge in [-0.05, 0) is 62.0 Å². The number of amides is 1. The number of aryl methyl sites for hydroxylation is 1. The van der Waals surface area contributed by atoms with Gasteiger partial charge in [-0.25, -0.2) is 13.2 Å². The van der Waals surface area contributed by atoms with Crippen molar-refractivity contribution < 1.29 is 39.9 Å². The number of benzene rings is 2. The first-order valence-electron chi connectivity index (χ1n) is 11.8. The molecule has 1 aliphatic rings. The van der Waals surface area contributed by atoms with Crippen molar-refractivity contribution in [2.24, 2.45) is 0 Å². The van der Waals surface area contributed by atoms with Gasteiger partial charge in [-0.15, -0.1) is 0 Å². The average Bonchev–Trinajstić information content (AvgIpc) is 2.87. The molecule has 0 bridgehead atoms. The second kappa shape index (κ2) is 13.7. The van der Waals surface area contributed by atoms with Crippen LogP contribution >= 0.6 is 0 Å². The number of ether oxygens (including phenoxy) is 2. The first kappa shape index (κ1) is 29.7. The lowest BCUT2D eigenvalue weighted by Crippen LogP contribution is -3.00. The van der Waals surface area contributed by atoms with Gasteiger partial charge in [0.15, 0.2) is 0 Å². The van der Waals surface area contributed by atoms with Gasteiger partial charge in [-0.3, -0.25) is 4.79 Å². The van der Waals surface area contributed by atoms with Gasteiger partial charge in [-0.1, -0.05) is 19.9 Å². The third-order valence-electron chi connectivity index (χ3n) is 5.95. The van der Waals surface area contributed by atoms with Crippen LogP contribution in [0.3, 0.4) is 0 Å². The maximum atomic E-state index is 13.1. The van der Waals surface area contributed by atoms with E-state index in [0.29, 0.717) is 43.2 Å². The number of esters is 1. The molecule has 0 unspecified atom stereocenters. The Bertz CT molecular complexity index is 1130. The molecular formula is C25H33ClN3O6S-. The van der Waals surface area contributed by atoms with Gasteiger partial charge in [0.25, 0.3) is 5.91 Å². The Morgan fingerprint density at radius 1 is 1.03 bits per heavy atom. The second-order valence-corrected chi connectivity index (χ2v) is 10.1. The van der Waals surface area contributed by atoms with Crippen molar-refractivity contribution in [1.82, 2.24) is 9.21 Å². The largest absolute Gasteiger partial charge is 1.00 e. The van der Waals surface area contributed by atoms with Gasteiger partial charge in [0.05, 0.1) is 23.7 Å². The van der Waals surface area contributed by atoms with Gasteiger partial charge < -0.3 is 32.1 Å². The third-order valence-corrected chi connectivity index (χ3v) is 7.99. The Hall–Kier alpha value is -2.50. The number of likely N-dealkylation sites (N-methyl/N-ethyl adjacent to an activating group) is 1. The normalized spacial score (nSPS) is 14.2. The number of halogens is 1. The molecule has 0 atom stereocenters. The van der Waals surface area contributed by atoms with E-state index in [1.807, 2.05) is 0 Å². The summed E-state index contributed by atoms with van der Waals surface area (Å²) in [5, 5.41) is 2.75. The van der Waals surface area contributed by atoms with Crippen LogP contribution in [0.25, 0.3) is 0 Å². The van der Waals surface area contributed by atoms with Gasteiger partial charge in [0.1, 0.15) is 6.61 Å². The van der Waals surface area contributed by atoms with E-state index in [-0.39, 0.29) is 36.0 Å². The summed E-state index contributed by atoms with van der Waals surface area (Å²) < 4.78 is 38.1. The van der Waals surface area contributed by atoms with Crippen LogP contribution in [0.1, 0.15) is 40.1 Å². The minimum atomic E-state index is -3.73. The highest BCUT2D eigenvalue weighted by Crippen LogP contribution is 2.23. The lowest BCUT2D eigenvalue weighted by molar-refractivity contribution is -0.0000361. The molecule has 3 rings (SSSR count). The summed E-state index contributed by atoms with van der Waals surface area (Å²) >= 11 is 0. The van der Waals surface area contributed by atoms with E-state index in [4.69, 9.17) is 9.47 Å². The topological polar surface area (TPSA) is 105 Å². The molecule has 9 nitrogen and oxygen atoms in total. The fourth-order valence-corrected chi connectivity index (χ4v) is 5.39. The molecule has 2 aromatic rings. The summed E-state index contributed by atoms with van der Waals surface area (Å²) in [7, 11) is -3.73. The van der Waals surface area contributed by atoms with Crippen molar-refractivity contribution in [3.05, 3.63) is 59.2 Å². The Kier molecular flexibility index (Phi) is 11.3. The van der Waals surface area contributed by atoms with Crippen LogP contribution in [0.4, 0.5) is 5.69 Å². The highest BCUT2D eigenvalue weighted by atomic mass is 35.5. The van der Waals surface area contributed by atoms with Crippen molar-refractivity contribution in [3.8, 4) is 0 Å². The number of rotatable bonds is 10. The van der Waals surface area contributed by atoms with Crippen molar-refractivity contribution in [3.63, 3.8) is 0 Å². The zero-order chi connectivity index (χ0) is 25.4. The van der Waals surface area contributed by atoms with E-state index >= 15 is 0 Å². The predicted molar refractivity (Wildman–Crippen MR) is 133 cm³/mol. The van der Waals surface area contributed by atoms with Crippen LogP contribution in [-0.2, 0) is 19.5 Å². The quantitative estimate of drug-likeness (QED) is 0.417. The molecule has 1 heterocycles. The molecule has 1 N–H and O–H groups in total. The number of hydrogen-bond donors (Lipinski definition) is 1. The summed E-state index contributed by atoms with van der Waals surface area (Å²) in [6.07, 6.45) is 0. The first-order chi connectivity index (χ1) is 16.8. The van der Waals surface area contributed by atoms with Gasteiger partial charge in [-0.2, -0.15) is 4.31 Å². The van der Waals surface area contributed by atoms with Crippen LogP contribution in [0.2, 0.25) is 0 Å². The molecule has 0 saturated carbocycles. The van der Waals surface area contributed by atoms with Crippen LogP contribution in [0.5, 0.6) is 0 Å². The van der Waals surface area contributed by atoms with Crippen LogP contribution in [0.15, 0.2) is 47.4 Å². The number of morpholine rings is 1. The molecule has 2 aromatic carbocycles. The second-order valence-electron chi connectivity index (χ2n) is 8.19. The van der Waals surface area contributed by atoms with Crippen molar-refractivity contribution >= 4 is 27.6 Å². The molecular weight excluding hydrogens is 506 g/mol. The van der Waals surface area contributed by atoms with E-state index in [2.05, 4.69) is 24.1 Å². The summed E-state index contributed by atoms with van der Waals surface area (Å²) in [6, 6.07) is 11.0. The summed E-state index contributed by atoms with van der Waals surface area (Å²) in [6.45, 7) is 9.83. The fourth-order valence-electron chi connectivity index (χ4n) is 3.73. The lowest BCUT2D eigenvalue weighted by atomic mass is 10.1. The van der Waals surface area contributed by atoms with E-state index < -0.39 is 21.9 Å². The average molecular weight is 539 g/mol. The Morgan fingerprint density at radius 2 is 1.64 bits per heavy atom. The Morgan fingerprint density at radius 3 is 2.25 bits per heavy atom. The Balaban J connectivity index is 0.00000456. The molecule has 11 heteroatoms. The standard InChI is InChI=1S/C25H33N3O6S.ClH/c1-4-27(5-2)12-17-34-25(30)20-8-10-22(11-9-20)26-24(29)21-7-6-19(3)23(18-21)35(31,32)28-13-15-33-16-14-28;/h6-11,18H,4-5,12-17H2,1-3H3,(H,26,29);1H/p-1. The summed E-state index contributed by atoms with van der Waals surface area (Å²) in [5.74, 6) is -0.871. The van der Waals surface area contributed by atoms with Crippen LogP contribution < -0.4 is 17.7 Å². The molecule has 1 amide bonds. The maximum Gasteiger partial charge on any atom is 0.338 e. The number of hydrogen-bond acceptors (Lipinski definition) is 7. The maximum absolute atomic E-state index is 13.1.